The van der Waals surface area contributed by atoms with Crippen LogP contribution in [-0.4, -0.2) is 43.1 Å². The normalized spacial score (nSPS) is 26.2. The van der Waals surface area contributed by atoms with E-state index in [-0.39, 0.29) is 23.4 Å². The lowest BCUT2D eigenvalue weighted by Crippen LogP contribution is -2.41. The Morgan fingerprint density at radius 1 is 0.897 bits per heavy atom. The van der Waals surface area contributed by atoms with E-state index in [9.17, 15) is 9.00 Å². The zero-order valence-electron chi connectivity index (χ0n) is 17.1. The highest BCUT2D eigenvalue weighted by Gasteiger charge is 2.55. The Morgan fingerprint density at radius 3 is 2.07 bits per heavy atom. The highest BCUT2D eigenvalue weighted by Crippen LogP contribution is 2.38. The summed E-state index contributed by atoms with van der Waals surface area (Å²) >= 11 is 0. The quantitative estimate of drug-likeness (QED) is 0.472. The number of rotatable bonds is 8. The second kappa shape index (κ2) is 9.12. The van der Waals surface area contributed by atoms with Gasteiger partial charge in [0.2, 0.25) is 0 Å². The molecule has 0 spiro atoms. The average Bonchev–Trinajstić information content (AvgIpc) is 3.18. The number of benzene rings is 2. The monoisotopic (exact) mass is 410 g/mol. The summed E-state index contributed by atoms with van der Waals surface area (Å²) in [4.78, 5) is 17.4. The Kier molecular flexibility index (Phi) is 6.34. The predicted molar refractivity (Wildman–Crippen MR) is 118 cm³/mol. The third-order valence-electron chi connectivity index (χ3n) is 6.18. The van der Waals surface area contributed by atoms with Crippen LogP contribution in [0.5, 0.6) is 0 Å². The van der Waals surface area contributed by atoms with Gasteiger partial charge in [0.15, 0.2) is 0 Å². The number of hydrogen-bond acceptors (Lipinski definition) is 2. The van der Waals surface area contributed by atoms with E-state index in [0.717, 1.165) is 36.8 Å². The Hall–Kier alpha value is -2.14. The van der Waals surface area contributed by atoms with Crippen molar-refractivity contribution in [2.75, 3.05) is 5.75 Å². The van der Waals surface area contributed by atoms with Gasteiger partial charge in [-0.05, 0) is 17.5 Å². The van der Waals surface area contributed by atoms with Crippen LogP contribution in [0, 0.1) is 0 Å². The van der Waals surface area contributed by atoms with Crippen molar-refractivity contribution < 1.29 is 9.00 Å². The lowest BCUT2D eigenvalue weighted by atomic mass is 10.0. The van der Waals surface area contributed by atoms with E-state index in [4.69, 9.17) is 0 Å². The molecule has 4 rings (SSSR count). The molecule has 29 heavy (non-hydrogen) atoms. The van der Waals surface area contributed by atoms with Crippen LogP contribution in [0.1, 0.15) is 43.7 Å². The number of nitrogens with zero attached hydrogens (tertiary/aromatic N) is 2. The molecule has 2 heterocycles. The second-order valence-corrected chi connectivity index (χ2v) is 9.85. The number of urea groups is 1. The molecule has 2 aliphatic heterocycles. The molecule has 2 fully saturated rings. The Morgan fingerprint density at radius 2 is 1.48 bits per heavy atom. The molecule has 0 radical (unpaired) electrons. The Labute approximate surface area is 176 Å². The third-order valence-corrected chi connectivity index (χ3v) is 8.04. The van der Waals surface area contributed by atoms with E-state index in [1.807, 2.05) is 46.2 Å². The summed E-state index contributed by atoms with van der Waals surface area (Å²) in [7, 11) is -0.881. The van der Waals surface area contributed by atoms with Crippen LogP contribution >= 0.6 is 0 Å². The van der Waals surface area contributed by atoms with E-state index >= 15 is 0 Å². The van der Waals surface area contributed by atoms with Gasteiger partial charge in [-0.25, -0.2) is 4.79 Å². The molecule has 0 aliphatic carbocycles. The molecule has 4 nitrogen and oxygen atoms in total. The lowest BCUT2D eigenvalue weighted by Gasteiger charge is -2.27. The van der Waals surface area contributed by atoms with Gasteiger partial charge in [-0.1, -0.05) is 86.8 Å². The zero-order valence-corrected chi connectivity index (χ0v) is 17.9. The maximum Gasteiger partial charge on any atom is 0.321 e. The molecule has 2 aromatic rings. The molecule has 0 aromatic heterocycles. The summed E-state index contributed by atoms with van der Waals surface area (Å²) in [6, 6.07) is 20.5. The van der Waals surface area contributed by atoms with Gasteiger partial charge in [0, 0.05) is 29.6 Å². The van der Waals surface area contributed by atoms with Crippen molar-refractivity contribution in [1.29, 1.82) is 0 Å². The van der Waals surface area contributed by atoms with Crippen LogP contribution in [-0.2, 0) is 23.9 Å². The second-order valence-electron chi connectivity index (χ2n) is 8.15. The molecular formula is C24H30N2O2S. The molecular weight excluding hydrogens is 380 g/mol. The van der Waals surface area contributed by atoms with E-state index in [2.05, 4.69) is 31.2 Å². The van der Waals surface area contributed by atoms with Crippen LogP contribution in [0.3, 0.4) is 0 Å². The van der Waals surface area contributed by atoms with E-state index in [0.29, 0.717) is 18.8 Å². The standard InChI is InChI=1S/C24H30N2O2S/c1-2-3-6-15-22-23-21(18-29(22)28)25(16-19-11-7-4-8-12-19)24(27)26(23)17-20-13-9-5-10-14-20/h4-5,7-14,21-23H,2-3,6,15-18H2,1H3/t21-,22+,23-,29?/m0/s1. The minimum absolute atomic E-state index is 0.0406. The maximum absolute atomic E-state index is 13.5. The first-order valence-electron chi connectivity index (χ1n) is 10.7. The van der Waals surface area contributed by atoms with Crippen LogP contribution in [0.4, 0.5) is 4.79 Å². The van der Waals surface area contributed by atoms with Crippen LogP contribution in [0.25, 0.3) is 0 Å². The summed E-state index contributed by atoms with van der Waals surface area (Å²) in [6.45, 7) is 3.37. The number of unbranched alkanes of at least 4 members (excludes halogenated alkanes) is 2. The van der Waals surface area contributed by atoms with Crippen molar-refractivity contribution in [3.63, 3.8) is 0 Å². The topological polar surface area (TPSA) is 40.6 Å². The summed E-state index contributed by atoms with van der Waals surface area (Å²) in [5.74, 6) is 0.603. The van der Waals surface area contributed by atoms with Crippen LogP contribution in [0.15, 0.2) is 60.7 Å². The van der Waals surface area contributed by atoms with Gasteiger partial charge in [0.1, 0.15) is 0 Å². The van der Waals surface area contributed by atoms with Crippen molar-refractivity contribution in [2.45, 2.75) is 63.0 Å². The van der Waals surface area contributed by atoms with Gasteiger partial charge in [-0.3, -0.25) is 4.21 Å². The number of hydrogen-bond donors (Lipinski definition) is 0. The number of fused-ring (bicyclic) bond motifs is 1. The summed E-state index contributed by atoms with van der Waals surface area (Å²) < 4.78 is 13.0. The molecule has 2 aromatic carbocycles. The molecule has 0 bridgehead atoms. The van der Waals surface area contributed by atoms with Gasteiger partial charge >= 0.3 is 6.03 Å². The largest absolute Gasteiger partial charge is 0.321 e. The van der Waals surface area contributed by atoms with Crippen molar-refractivity contribution in [3.8, 4) is 0 Å². The molecule has 4 atom stereocenters. The van der Waals surface area contributed by atoms with E-state index < -0.39 is 10.8 Å². The van der Waals surface area contributed by atoms with Crippen LogP contribution < -0.4 is 0 Å². The molecule has 0 saturated carbocycles. The first kappa shape index (κ1) is 20.1. The lowest BCUT2D eigenvalue weighted by molar-refractivity contribution is 0.180. The molecule has 2 saturated heterocycles. The van der Waals surface area contributed by atoms with Gasteiger partial charge in [0.25, 0.3) is 0 Å². The maximum atomic E-state index is 13.5. The highest BCUT2D eigenvalue weighted by molar-refractivity contribution is 7.86. The van der Waals surface area contributed by atoms with Crippen molar-refractivity contribution in [2.24, 2.45) is 0 Å². The molecule has 2 aliphatic rings. The van der Waals surface area contributed by atoms with Crippen LogP contribution in [0.2, 0.25) is 0 Å². The predicted octanol–water partition coefficient (Wildman–Crippen LogP) is 4.57. The minimum atomic E-state index is -0.881. The average molecular weight is 411 g/mol. The fourth-order valence-corrected chi connectivity index (χ4v) is 6.76. The molecule has 1 unspecified atom stereocenters. The smallest absolute Gasteiger partial charge is 0.314 e. The van der Waals surface area contributed by atoms with Crippen molar-refractivity contribution >= 4 is 16.8 Å². The Balaban J connectivity index is 1.60. The number of amides is 2. The molecule has 5 heteroatoms. The summed E-state index contributed by atoms with van der Waals surface area (Å²) in [5, 5.41) is 0.0833. The minimum Gasteiger partial charge on any atom is -0.314 e. The summed E-state index contributed by atoms with van der Waals surface area (Å²) in [5.41, 5.74) is 2.26. The van der Waals surface area contributed by atoms with E-state index in [1.165, 1.54) is 0 Å². The van der Waals surface area contributed by atoms with E-state index in [1.54, 1.807) is 0 Å². The fraction of sp³-hybridized carbons (Fsp3) is 0.458. The molecule has 2 amide bonds. The molecule has 154 valence electrons. The third kappa shape index (κ3) is 4.25. The first-order valence-corrected chi connectivity index (χ1v) is 12.1. The van der Waals surface area contributed by atoms with Gasteiger partial charge in [-0.15, -0.1) is 0 Å². The SMILES string of the molecule is CCCCC[C@@H]1[C@@H]2[C@H](CS1=O)N(Cc1ccccc1)C(=O)N2Cc1ccccc1. The summed E-state index contributed by atoms with van der Waals surface area (Å²) in [6.07, 6.45) is 4.34. The Bertz CT molecular complexity index is 842. The first-order chi connectivity index (χ1) is 14.2. The highest BCUT2D eigenvalue weighted by atomic mass is 32.2. The van der Waals surface area contributed by atoms with Crippen molar-refractivity contribution in [3.05, 3.63) is 71.8 Å². The fourth-order valence-electron chi connectivity index (χ4n) is 4.73. The number of carbonyl (C=O) groups excluding carboxylic acids is 1. The van der Waals surface area contributed by atoms with Crippen molar-refractivity contribution in [1.82, 2.24) is 9.80 Å². The van der Waals surface area contributed by atoms with Gasteiger partial charge in [0.05, 0.1) is 17.3 Å². The van der Waals surface area contributed by atoms with Gasteiger partial charge in [-0.2, -0.15) is 0 Å². The zero-order chi connectivity index (χ0) is 20.2. The van der Waals surface area contributed by atoms with Gasteiger partial charge < -0.3 is 9.80 Å². The molecule has 0 N–H and O–H groups in total. The number of carbonyl (C=O) groups is 1.